The van der Waals surface area contributed by atoms with Crippen molar-refractivity contribution in [3.63, 3.8) is 0 Å². The summed E-state index contributed by atoms with van der Waals surface area (Å²) in [5.74, 6) is 1.37. The molecule has 1 heterocycles. The Morgan fingerprint density at radius 3 is 3.06 bits per heavy atom. The molecule has 1 aromatic carbocycles. The Balaban J connectivity index is 1.93. The molecule has 0 spiro atoms. The lowest BCUT2D eigenvalue weighted by Crippen LogP contribution is -2.14. The molecule has 1 aromatic rings. The highest BCUT2D eigenvalue weighted by molar-refractivity contribution is 6.33. The molecule has 1 saturated heterocycles. The average molecular weight is 242 g/mol. The van der Waals surface area contributed by atoms with Gasteiger partial charge in [-0.25, -0.2) is 0 Å². The number of ether oxygens (including phenoxy) is 2. The molecule has 1 unspecified atom stereocenters. The fourth-order valence-electron chi connectivity index (χ4n) is 1.76. The molecule has 0 saturated carbocycles. The van der Waals surface area contributed by atoms with Crippen LogP contribution in [-0.2, 0) is 4.74 Å². The van der Waals surface area contributed by atoms with Crippen LogP contribution in [0.25, 0.3) is 0 Å². The summed E-state index contributed by atoms with van der Waals surface area (Å²) >= 11 is 6.12. The first-order chi connectivity index (χ1) is 7.79. The third-order valence-electron chi connectivity index (χ3n) is 2.78. The van der Waals surface area contributed by atoms with Crippen molar-refractivity contribution in [1.29, 1.82) is 0 Å². The molecule has 1 aliphatic heterocycles. The number of halogens is 1. The van der Waals surface area contributed by atoms with Gasteiger partial charge in [-0.05, 0) is 18.6 Å². The average Bonchev–Trinajstić information content (AvgIpc) is 2.80. The van der Waals surface area contributed by atoms with E-state index < -0.39 is 0 Å². The third-order valence-corrected chi connectivity index (χ3v) is 3.09. The summed E-state index contributed by atoms with van der Waals surface area (Å²) in [5, 5.41) is 4.03. The van der Waals surface area contributed by atoms with Gasteiger partial charge in [0.15, 0.2) is 0 Å². The molecule has 16 heavy (non-hydrogen) atoms. The standard InChI is InChI=1S/C12H16ClNO2/c1-15-10-2-3-12(11(13)6-10)14-7-9-4-5-16-8-9/h2-3,6,9,14H,4-5,7-8H2,1H3. The first-order valence-corrected chi connectivity index (χ1v) is 5.82. The van der Waals surface area contributed by atoms with Gasteiger partial charge in [-0.1, -0.05) is 11.6 Å². The van der Waals surface area contributed by atoms with Gasteiger partial charge in [0, 0.05) is 25.1 Å². The Kier molecular flexibility index (Phi) is 3.91. The van der Waals surface area contributed by atoms with E-state index in [4.69, 9.17) is 21.1 Å². The summed E-state index contributed by atoms with van der Waals surface area (Å²) in [6, 6.07) is 5.66. The van der Waals surface area contributed by atoms with Gasteiger partial charge in [-0.15, -0.1) is 0 Å². The van der Waals surface area contributed by atoms with Gasteiger partial charge >= 0.3 is 0 Å². The molecule has 1 atom stereocenters. The highest BCUT2D eigenvalue weighted by Gasteiger charge is 2.15. The van der Waals surface area contributed by atoms with Crippen molar-refractivity contribution in [3.05, 3.63) is 23.2 Å². The van der Waals surface area contributed by atoms with E-state index in [1.807, 2.05) is 18.2 Å². The normalized spacial score (nSPS) is 19.8. The molecule has 1 aliphatic rings. The van der Waals surface area contributed by atoms with Gasteiger partial charge in [-0.3, -0.25) is 0 Å². The fraction of sp³-hybridized carbons (Fsp3) is 0.500. The van der Waals surface area contributed by atoms with Gasteiger partial charge in [0.2, 0.25) is 0 Å². The molecule has 0 amide bonds. The van der Waals surface area contributed by atoms with Crippen LogP contribution in [0.5, 0.6) is 5.75 Å². The van der Waals surface area contributed by atoms with Crippen molar-refractivity contribution < 1.29 is 9.47 Å². The zero-order valence-corrected chi connectivity index (χ0v) is 10.1. The van der Waals surface area contributed by atoms with E-state index in [1.165, 1.54) is 0 Å². The lowest BCUT2D eigenvalue weighted by molar-refractivity contribution is 0.187. The monoisotopic (exact) mass is 241 g/mol. The van der Waals surface area contributed by atoms with E-state index in [0.717, 1.165) is 37.6 Å². The van der Waals surface area contributed by atoms with Crippen LogP contribution < -0.4 is 10.1 Å². The van der Waals surface area contributed by atoms with Crippen LogP contribution in [0.3, 0.4) is 0 Å². The molecule has 3 nitrogen and oxygen atoms in total. The maximum atomic E-state index is 6.12. The SMILES string of the molecule is COc1ccc(NCC2CCOC2)c(Cl)c1. The number of methoxy groups -OCH3 is 1. The summed E-state index contributed by atoms with van der Waals surface area (Å²) in [4.78, 5) is 0. The van der Waals surface area contributed by atoms with Crippen molar-refractivity contribution in [2.24, 2.45) is 5.92 Å². The molecule has 1 fully saturated rings. The number of benzene rings is 1. The summed E-state index contributed by atoms with van der Waals surface area (Å²) in [6.07, 6.45) is 1.13. The Bertz CT molecular complexity index is 351. The van der Waals surface area contributed by atoms with Crippen molar-refractivity contribution in [2.45, 2.75) is 6.42 Å². The predicted molar refractivity (Wildman–Crippen MR) is 65.4 cm³/mol. The van der Waals surface area contributed by atoms with Crippen molar-refractivity contribution >= 4 is 17.3 Å². The van der Waals surface area contributed by atoms with Crippen LogP contribution in [0, 0.1) is 5.92 Å². The minimum atomic E-state index is 0.596. The number of nitrogens with one attached hydrogen (secondary N) is 1. The Hall–Kier alpha value is -0.930. The van der Waals surface area contributed by atoms with Crippen LogP contribution in [0.15, 0.2) is 18.2 Å². The second kappa shape index (κ2) is 5.41. The zero-order chi connectivity index (χ0) is 11.4. The predicted octanol–water partition coefficient (Wildman–Crippen LogP) is 2.80. The second-order valence-electron chi connectivity index (χ2n) is 3.96. The van der Waals surface area contributed by atoms with E-state index in [2.05, 4.69) is 5.32 Å². The summed E-state index contributed by atoms with van der Waals surface area (Å²) in [5.41, 5.74) is 0.953. The Morgan fingerprint density at radius 2 is 2.44 bits per heavy atom. The molecule has 4 heteroatoms. The van der Waals surface area contributed by atoms with Gasteiger partial charge in [0.1, 0.15) is 5.75 Å². The van der Waals surface area contributed by atoms with Crippen LogP contribution in [0.4, 0.5) is 5.69 Å². The van der Waals surface area contributed by atoms with Crippen LogP contribution >= 0.6 is 11.6 Å². The van der Waals surface area contributed by atoms with E-state index >= 15 is 0 Å². The Labute approximate surface area is 101 Å². The highest BCUT2D eigenvalue weighted by atomic mass is 35.5. The van der Waals surface area contributed by atoms with E-state index in [-0.39, 0.29) is 0 Å². The topological polar surface area (TPSA) is 30.5 Å². The van der Waals surface area contributed by atoms with E-state index in [1.54, 1.807) is 7.11 Å². The maximum absolute atomic E-state index is 6.12. The van der Waals surface area contributed by atoms with Crippen LogP contribution in [-0.4, -0.2) is 26.9 Å². The second-order valence-corrected chi connectivity index (χ2v) is 4.36. The lowest BCUT2D eigenvalue weighted by atomic mass is 10.1. The van der Waals surface area contributed by atoms with Crippen molar-refractivity contribution in [1.82, 2.24) is 0 Å². The van der Waals surface area contributed by atoms with Gasteiger partial charge in [0.25, 0.3) is 0 Å². The van der Waals surface area contributed by atoms with Crippen LogP contribution in [0.1, 0.15) is 6.42 Å². The minimum Gasteiger partial charge on any atom is -0.497 e. The first kappa shape index (κ1) is 11.6. The zero-order valence-electron chi connectivity index (χ0n) is 9.33. The molecule has 2 rings (SSSR count). The molecule has 88 valence electrons. The summed E-state index contributed by atoms with van der Waals surface area (Å²) in [7, 11) is 1.63. The van der Waals surface area contributed by atoms with Crippen LogP contribution in [0.2, 0.25) is 5.02 Å². The minimum absolute atomic E-state index is 0.596. The maximum Gasteiger partial charge on any atom is 0.120 e. The number of hydrogen-bond donors (Lipinski definition) is 1. The smallest absolute Gasteiger partial charge is 0.120 e. The number of hydrogen-bond acceptors (Lipinski definition) is 3. The summed E-state index contributed by atoms with van der Waals surface area (Å²) < 4.78 is 10.4. The van der Waals surface area contributed by atoms with Gasteiger partial charge in [0.05, 0.1) is 24.4 Å². The molecular weight excluding hydrogens is 226 g/mol. The molecular formula is C12H16ClNO2. The first-order valence-electron chi connectivity index (χ1n) is 5.45. The number of rotatable bonds is 4. The molecule has 0 aliphatic carbocycles. The van der Waals surface area contributed by atoms with E-state index in [0.29, 0.717) is 10.9 Å². The van der Waals surface area contributed by atoms with Crippen molar-refractivity contribution in [3.8, 4) is 5.75 Å². The largest absolute Gasteiger partial charge is 0.497 e. The number of anilines is 1. The quantitative estimate of drug-likeness (QED) is 0.879. The Morgan fingerprint density at radius 1 is 1.56 bits per heavy atom. The molecule has 0 aromatic heterocycles. The molecule has 1 N–H and O–H groups in total. The van der Waals surface area contributed by atoms with Crippen molar-refractivity contribution in [2.75, 3.05) is 32.2 Å². The molecule has 0 radical (unpaired) electrons. The highest BCUT2D eigenvalue weighted by Crippen LogP contribution is 2.27. The van der Waals surface area contributed by atoms with Gasteiger partial charge < -0.3 is 14.8 Å². The molecule has 0 bridgehead atoms. The lowest BCUT2D eigenvalue weighted by Gasteiger charge is -2.12. The summed E-state index contributed by atoms with van der Waals surface area (Å²) in [6.45, 7) is 2.63. The fourth-order valence-corrected chi connectivity index (χ4v) is 2.00. The van der Waals surface area contributed by atoms with E-state index in [9.17, 15) is 0 Å². The third kappa shape index (κ3) is 2.80. The van der Waals surface area contributed by atoms with Gasteiger partial charge in [-0.2, -0.15) is 0 Å².